The molecule has 7 heteroatoms. The Balaban J connectivity index is 2.12. The Morgan fingerprint density at radius 1 is 1.27 bits per heavy atom. The van der Waals surface area contributed by atoms with Crippen LogP contribution in [0.1, 0.15) is 39.6 Å². The molecule has 0 aliphatic heterocycles. The van der Waals surface area contributed by atoms with Gasteiger partial charge >= 0.3 is 5.97 Å². The van der Waals surface area contributed by atoms with Gasteiger partial charge in [0.2, 0.25) is 0 Å². The lowest BCUT2D eigenvalue weighted by Crippen LogP contribution is -2.11. The second-order valence-electron chi connectivity index (χ2n) is 4.85. The first kappa shape index (κ1) is 16.5. The first-order chi connectivity index (χ1) is 10.4. The Morgan fingerprint density at radius 3 is 2.50 bits per heavy atom. The van der Waals surface area contributed by atoms with E-state index in [9.17, 15) is 9.59 Å². The standard InChI is InChI=1S/C15H15ClN2O3S/c1-8(2)21-14(20)12-9(3)17-15(22-12)18-13(19)10-4-6-11(16)7-5-10/h4-8H,1-3H3,(H,17,18,19). The molecule has 116 valence electrons. The van der Waals surface area contributed by atoms with Gasteiger partial charge in [0, 0.05) is 10.6 Å². The molecule has 0 fully saturated rings. The molecule has 0 unspecified atom stereocenters. The van der Waals surface area contributed by atoms with Gasteiger partial charge < -0.3 is 4.74 Å². The van der Waals surface area contributed by atoms with Gasteiger partial charge in [-0.05, 0) is 45.0 Å². The van der Waals surface area contributed by atoms with Gasteiger partial charge in [-0.1, -0.05) is 22.9 Å². The highest BCUT2D eigenvalue weighted by Gasteiger charge is 2.19. The van der Waals surface area contributed by atoms with Gasteiger partial charge in [0.15, 0.2) is 5.13 Å². The van der Waals surface area contributed by atoms with Gasteiger partial charge in [-0.25, -0.2) is 9.78 Å². The lowest BCUT2D eigenvalue weighted by atomic mass is 10.2. The third-order valence-corrected chi connectivity index (χ3v) is 3.96. The number of esters is 1. The van der Waals surface area contributed by atoms with E-state index in [1.165, 1.54) is 0 Å². The average Bonchev–Trinajstić information content (AvgIpc) is 2.79. The summed E-state index contributed by atoms with van der Waals surface area (Å²) in [5, 5.41) is 3.58. The Bertz CT molecular complexity index is 695. The van der Waals surface area contributed by atoms with Crippen LogP contribution in [0.3, 0.4) is 0 Å². The van der Waals surface area contributed by atoms with E-state index in [4.69, 9.17) is 16.3 Å². The molecule has 5 nitrogen and oxygen atoms in total. The number of ether oxygens (including phenoxy) is 1. The Morgan fingerprint density at radius 2 is 1.91 bits per heavy atom. The molecule has 22 heavy (non-hydrogen) atoms. The first-order valence-electron chi connectivity index (χ1n) is 6.62. The van der Waals surface area contributed by atoms with Crippen LogP contribution in [0.15, 0.2) is 24.3 Å². The largest absolute Gasteiger partial charge is 0.459 e. The zero-order chi connectivity index (χ0) is 16.3. The molecule has 1 N–H and O–H groups in total. The number of anilines is 1. The van der Waals surface area contributed by atoms with Crippen LogP contribution >= 0.6 is 22.9 Å². The van der Waals surface area contributed by atoms with Gasteiger partial charge in [0.05, 0.1) is 11.8 Å². The molecule has 0 aliphatic carbocycles. The molecule has 1 aromatic carbocycles. The van der Waals surface area contributed by atoms with Crippen molar-refractivity contribution in [1.29, 1.82) is 0 Å². The minimum Gasteiger partial charge on any atom is -0.459 e. The van der Waals surface area contributed by atoms with Crippen molar-refractivity contribution >= 4 is 39.9 Å². The molecule has 0 radical (unpaired) electrons. The number of rotatable bonds is 4. The molecule has 0 saturated heterocycles. The van der Waals surface area contributed by atoms with Crippen molar-refractivity contribution in [3.05, 3.63) is 45.4 Å². The molecular weight excluding hydrogens is 324 g/mol. The van der Waals surface area contributed by atoms with Crippen LogP contribution < -0.4 is 5.32 Å². The zero-order valence-corrected chi connectivity index (χ0v) is 13.9. The summed E-state index contributed by atoms with van der Waals surface area (Å²) in [6.45, 7) is 5.25. The van der Waals surface area contributed by atoms with Crippen molar-refractivity contribution in [2.24, 2.45) is 0 Å². The predicted octanol–water partition coefficient (Wildman–Crippen LogP) is 3.92. The van der Waals surface area contributed by atoms with E-state index in [0.29, 0.717) is 26.3 Å². The number of hydrogen-bond donors (Lipinski definition) is 1. The fourth-order valence-electron chi connectivity index (χ4n) is 1.68. The van der Waals surface area contributed by atoms with Gasteiger partial charge in [0.25, 0.3) is 5.91 Å². The maximum atomic E-state index is 12.1. The Kier molecular flexibility index (Phi) is 5.15. The molecule has 0 saturated carbocycles. The fourth-order valence-corrected chi connectivity index (χ4v) is 2.65. The van der Waals surface area contributed by atoms with Crippen LogP contribution in [0.25, 0.3) is 0 Å². The highest BCUT2D eigenvalue weighted by Crippen LogP contribution is 2.24. The molecule has 2 rings (SSSR count). The van der Waals surface area contributed by atoms with E-state index in [-0.39, 0.29) is 12.0 Å². The zero-order valence-electron chi connectivity index (χ0n) is 12.3. The second kappa shape index (κ2) is 6.89. The lowest BCUT2D eigenvalue weighted by Gasteiger charge is -2.05. The number of halogens is 1. The van der Waals surface area contributed by atoms with Crippen LogP contribution in [0.4, 0.5) is 5.13 Å². The van der Waals surface area contributed by atoms with E-state index >= 15 is 0 Å². The highest BCUT2D eigenvalue weighted by molar-refractivity contribution is 7.17. The van der Waals surface area contributed by atoms with Crippen molar-refractivity contribution in [2.75, 3.05) is 5.32 Å². The monoisotopic (exact) mass is 338 g/mol. The molecular formula is C15H15ClN2O3S. The number of thiazole rings is 1. The van der Waals surface area contributed by atoms with Crippen molar-refractivity contribution in [3.8, 4) is 0 Å². The van der Waals surface area contributed by atoms with Gasteiger partial charge in [0.1, 0.15) is 4.88 Å². The number of nitrogens with one attached hydrogen (secondary N) is 1. The van der Waals surface area contributed by atoms with Crippen LogP contribution in [0.5, 0.6) is 0 Å². The fraction of sp³-hybridized carbons (Fsp3) is 0.267. The van der Waals surface area contributed by atoms with E-state index in [1.54, 1.807) is 45.0 Å². The third kappa shape index (κ3) is 4.05. The normalized spacial score (nSPS) is 10.6. The lowest BCUT2D eigenvalue weighted by molar-refractivity contribution is 0.0382. The molecule has 0 spiro atoms. The molecule has 1 aromatic heterocycles. The summed E-state index contributed by atoms with van der Waals surface area (Å²) >= 11 is 6.88. The van der Waals surface area contributed by atoms with Gasteiger partial charge in [-0.2, -0.15) is 0 Å². The van der Waals surface area contributed by atoms with Crippen LogP contribution in [-0.2, 0) is 4.74 Å². The number of amides is 1. The summed E-state index contributed by atoms with van der Waals surface area (Å²) in [7, 11) is 0. The molecule has 1 amide bonds. The number of hydrogen-bond acceptors (Lipinski definition) is 5. The second-order valence-corrected chi connectivity index (χ2v) is 6.28. The summed E-state index contributed by atoms with van der Waals surface area (Å²) in [5.74, 6) is -0.744. The first-order valence-corrected chi connectivity index (χ1v) is 7.81. The molecule has 1 heterocycles. The van der Waals surface area contributed by atoms with Crippen LogP contribution in [0.2, 0.25) is 5.02 Å². The number of carbonyl (C=O) groups is 2. The minimum atomic E-state index is -0.433. The average molecular weight is 339 g/mol. The molecule has 0 bridgehead atoms. The highest BCUT2D eigenvalue weighted by atomic mass is 35.5. The van der Waals surface area contributed by atoms with Gasteiger partial charge in [-0.15, -0.1) is 0 Å². The van der Waals surface area contributed by atoms with Gasteiger partial charge in [-0.3, -0.25) is 10.1 Å². The van der Waals surface area contributed by atoms with Crippen molar-refractivity contribution in [3.63, 3.8) is 0 Å². The SMILES string of the molecule is Cc1nc(NC(=O)c2ccc(Cl)cc2)sc1C(=O)OC(C)C. The topological polar surface area (TPSA) is 68.3 Å². The number of carbonyl (C=O) groups excluding carboxylic acids is 2. The summed E-state index contributed by atoms with van der Waals surface area (Å²) in [6.07, 6.45) is -0.207. The Labute approximate surface area is 137 Å². The number of aryl methyl sites for hydroxylation is 1. The Hall–Kier alpha value is -1.92. The predicted molar refractivity (Wildman–Crippen MR) is 86.8 cm³/mol. The van der Waals surface area contributed by atoms with E-state index in [1.807, 2.05) is 0 Å². The number of aromatic nitrogens is 1. The smallest absolute Gasteiger partial charge is 0.350 e. The summed E-state index contributed by atoms with van der Waals surface area (Å²) < 4.78 is 5.14. The van der Waals surface area contributed by atoms with Crippen LogP contribution in [-0.4, -0.2) is 23.0 Å². The van der Waals surface area contributed by atoms with E-state index in [0.717, 1.165) is 11.3 Å². The minimum absolute atomic E-state index is 0.207. The summed E-state index contributed by atoms with van der Waals surface area (Å²) in [6, 6.07) is 6.50. The van der Waals surface area contributed by atoms with Crippen LogP contribution in [0, 0.1) is 6.92 Å². The maximum Gasteiger partial charge on any atom is 0.350 e. The third-order valence-electron chi connectivity index (χ3n) is 2.65. The number of benzene rings is 1. The molecule has 2 aromatic rings. The maximum absolute atomic E-state index is 12.1. The molecule has 0 aliphatic rings. The van der Waals surface area contributed by atoms with E-state index in [2.05, 4.69) is 10.3 Å². The van der Waals surface area contributed by atoms with E-state index < -0.39 is 5.97 Å². The van der Waals surface area contributed by atoms with Crippen molar-refractivity contribution in [2.45, 2.75) is 26.9 Å². The quantitative estimate of drug-likeness (QED) is 0.858. The number of nitrogens with zero attached hydrogens (tertiary/aromatic N) is 1. The molecule has 0 atom stereocenters. The van der Waals surface area contributed by atoms with Crippen molar-refractivity contribution in [1.82, 2.24) is 4.98 Å². The van der Waals surface area contributed by atoms with Crippen molar-refractivity contribution < 1.29 is 14.3 Å². The summed E-state index contributed by atoms with van der Waals surface area (Å²) in [4.78, 5) is 28.6. The summed E-state index contributed by atoms with van der Waals surface area (Å²) in [5.41, 5.74) is 0.991.